The van der Waals surface area contributed by atoms with E-state index >= 15 is 0 Å². The second-order valence-electron chi connectivity index (χ2n) is 3.59. The van der Waals surface area contributed by atoms with Gasteiger partial charge in [-0.2, -0.15) is 0 Å². The fraction of sp³-hybridized carbons (Fsp3) is 0.417. The summed E-state index contributed by atoms with van der Waals surface area (Å²) in [5.74, 6) is 0.926. The lowest BCUT2D eigenvalue weighted by molar-refractivity contribution is 0.111. The van der Waals surface area contributed by atoms with Crippen LogP contribution in [-0.4, -0.2) is 31.7 Å². The van der Waals surface area contributed by atoms with Gasteiger partial charge in [-0.25, -0.2) is 0 Å². The minimum atomic E-state index is -0.461. The number of methoxy groups -OCH3 is 2. The molecule has 1 rings (SSSR count). The van der Waals surface area contributed by atoms with Crippen molar-refractivity contribution in [2.24, 2.45) is 0 Å². The number of carbonyl (C=O) groups excluding carboxylic acids is 1. The number of benzene rings is 1. The molecule has 1 aromatic rings. The highest BCUT2D eigenvalue weighted by atomic mass is 16.5. The molecule has 0 saturated carbocycles. The van der Waals surface area contributed by atoms with Crippen LogP contribution in [0.5, 0.6) is 11.5 Å². The molecular weight excluding hydrogens is 208 g/mol. The Labute approximate surface area is 94.8 Å². The molecule has 0 aliphatic rings. The normalized spacial score (nSPS) is 12.0. The molecule has 1 N–H and O–H groups in total. The number of ether oxygens (including phenoxy) is 2. The third-order valence-electron chi connectivity index (χ3n) is 2.23. The van der Waals surface area contributed by atoms with Crippen LogP contribution in [0, 0.1) is 0 Å². The molecule has 0 heterocycles. The molecule has 1 unspecified atom stereocenters. The van der Waals surface area contributed by atoms with Crippen molar-refractivity contribution in [1.29, 1.82) is 0 Å². The zero-order valence-electron chi connectivity index (χ0n) is 9.69. The van der Waals surface area contributed by atoms with Gasteiger partial charge in [-0.3, -0.25) is 4.79 Å². The monoisotopic (exact) mass is 224 g/mol. The summed E-state index contributed by atoms with van der Waals surface area (Å²) in [6.45, 7) is 1.69. The maximum Gasteiger partial charge on any atom is 0.171 e. The zero-order valence-corrected chi connectivity index (χ0v) is 9.69. The van der Waals surface area contributed by atoms with Gasteiger partial charge in [0.1, 0.15) is 0 Å². The first kappa shape index (κ1) is 12.5. The van der Waals surface area contributed by atoms with E-state index in [-0.39, 0.29) is 0 Å². The number of aliphatic hydroxyl groups excluding tert-OH is 1. The molecule has 16 heavy (non-hydrogen) atoms. The van der Waals surface area contributed by atoms with Gasteiger partial charge in [0.15, 0.2) is 17.8 Å². The van der Waals surface area contributed by atoms with E-state index in [0.29, 0.717) is 29.8 Å². The Balaban J connectivity index is 3.20. The Morgan fingerprint density at radius 3 is 2.50 bits per heavy atom. The van der Waals surface area contributed by atoms with E-state index in [9.17, 15) is 9.90 Å². The Hall–Kier alpha value is -1.55. The molecule has 1 atom stereocenters. The average molecular weight is 224 g/mol. The van der Waals surface area contributed by atoms with Gasteiger partial charge in [-0.15, -0.1) is 0 Å². The molecule has 0 aliphatic heterocycles. The second-order valence-corrected chi connectivity index (χ2v) is 3.59. The smallest absolute Gasteiger partial charge is 0.171 e. The maximum atomic E-state index is 10.9. The molecule has 0 aliphatic carbocycles. The molecule has 88 valence electrons. The molecule has 0 radical (unpaired) electrons. The van der Waals surface area contributed by atoms with Gasteiger partial charge in [0, 0.05) is 0 Å². The highest BCUT2D eigenvalue weighted by Gasteiger charge is 2.12. The lowest BCUT2D eigenvalue weighted by atomic mass is 10.0. The van der Waals surface area contributed by atoms with Crippen LogP contribution < -0.4 is 9.47 Å². The van der Waals surface area contributed by atoms with Gasteiger partial charge < -0.3 is 14.6 Å². The van der Waals surface area contributed by atoms with Crippen molar-refractivity contribution in [3.05, 3.63) is 23.3 Å². The summed E-state index contributed by atoms with van der Waals surface area (Å²) >= 11 is 0. The van der Waals surface area contributed by atoms with E-state index in [1.54, 1.807) is 19.1 Å². The van der Waals surface area contributed by atoms with Gasteiger partial charge in [-0.05, 0) is 31.0 Å². The fourth-order valence-corrected chi connectivity index (χ4v) is 1.60. The van der Waals surface area contributed by atoms with Crippen LogP contribution >= 0.6 is 0 Å². The Morgan fingerprint density at radius 1 is 1.38 bits per heavy atom. The molecule has 4 heteroatoms. The first-order chi connectivity index (χ1) is 7.62. The number of carbonyl (C=O) groups is 1. The summed E-state index contributed by atoms with van der Waals surface area (Å²) in [5, 5.41) is 9.30. The van der Waals surface area contributed by atoms with Crippen LogP contribution in [0.3, 0.4) is 0 Å². The Bertz CT molecular complexity index is 372. The van der Waals surface area contributed by atoms with Crippen molar-refractivity contribution in [2.75, 3.05) is 14.2 Å². The standard InChI is InChI=1S/C12H16O4/c1-8(14)4-9-5-10(7-13)12(16-3)11(6-9)15-2/h5-8,14H,4H2,1-3H3. The van der Waals surface area contributed by atoms with Gasteiger partial charge in [0.25, 0.3) is 0 Å². The summed E-state index contributed by atoms with van der Waals surface area (Å²) in [5.41, 5.74) is 1.27. The molecule has 0 saturated heterocycles. The third kappa shape index (κ3) is 2.73. The lowest BCUT2D eigenvalue weighted by Gasteiger charge is -2.12. The minimum Gasteiger partial charge on any atom is -0.493 e. The number of aldehydes is 1. The molecule has 0 aromatic heterocycles. The summed E-state index contributed by atoms with van der Waals surface area (Å²) in [6, 6.07) is 3.46. The third-order valence-corrected chi connectivity index (χ3v) is 2.23. The minimum absolute atomic E-state index is 0.423. The summed E-state index contributed by atoms with van der Waals surface area (Å²) in [4.78, 5) is 10.9. The fourth-order valence-electron chi connectivity index (χ4n) is 1.60. The number of rotatable bonds is 5. The topological polar surface area (TPSA) is 55.8 Å². The van der Waals surface area contributed by atoms with E-state index in [1.165, 1.54) is 14.2 Å². The van der Waals surface area contributed by atoms with Crippen molar-refractivity contribution < 1.29 is 19.4 Å². The van der Waals surface area contributed by atoms with Gasteiger partial charge in [-0.1, -0.05) is 0 Å². The van der Waals surface area contributed by atoms with Crippen LogP contribution in [0.4, 0.5) is 0 Å². The van der Waals surface area contributed by atoms with Gasteiger partial charge in [0.05, 0.1) is 25.9 Å². The predicted octanol–water partition coefficient (Wildman–Crippen LogP) is 1.44. The Morgan fingerprint density at radius 2 is 2.06 bits per heavy atom. The SMILES string of the molecule is COc1cc(CC(C)O)cc(C=O)c1OC. The second kappa shape index (κ2) is 5.51. The van der Waals surface area contributed by atoms with E-state index in [2.05, 4.69) is 0 Å². The van der Waals surface area contributed by atoms with E-state index in [1.807, 2.05) is 0 Å². The van der Waals surface area contributed by atoms with Crippen molar-refractivity contribution in [2.45, 2.75) is 19.4 Å². The summed E-state index contributed by atoms with van der Waals surface area (Å²) in [6.07, 6.45) is 0.728. The first-order valence-electron chi connectivity index (χ1n) is 5.00. The molecule has 0 spiro atoms. The highest BCUT2D eigenvalue weighted by Crippen LogP contribution is 2.31. The predicted molar refractivity (Wildman–Crippen MR) is 60.3 cm³/mol. The quantitative estimate of drug-likeness (QED) is 0.769. The molecule has 0 amide bonds. The summed E-state index contributed by atoms with van der Waals surface area (Å²) < 4.78 is 10.2. The van der Waals surface area contributed by atoms with Gasteiger partial charge >= 0.3 is 0 Å². The summed E-state index contributed by atoms with van der Waals surface area (Å²) in [7, 11) is 3.00. The van der Waals surface area contributed by atoms with Gasteiger partial charge in [0.2, 0.25) is 0 Å². The number of aliphatic hydroxyl groups is 1. The maximum absolute atomic E-state index is 10.9. The van der Waals surface area contributed by atoms with Crippen molar-refractivity contribution >= 4 is 6.29 Å². The highest BCUT2D eigenvalue weighted by molar-refractivity contribution is 5.81. The van der Waals surface area contributed by atoms with E-state index in [4.69, 9.17) is 9.47 Å². The molecule has 0 fully saturated rings. The zero-order chi connectivity index (χ0) is 12.1. The number of hydrogen-bond acceptors (Lipinski definition) is 4. The largest absolute Gasteiger partial charge is 0.493 e. The average Bonchev–Trinajstić information content (AvgIpc) is 2.26. The van der Waals surface area contributed by atoms with E-state index in [0.717, 1.165) is 5.56 Å². The van der Waals surface area contributed by atoms with Crippen LogP contribution in [-0.2, 0) is 6.42 Å². The molecular formula is C12H16O4. The molecule has 0 bridgehead atoms. The van der Waals surface area contributed by atoms with Crippen LogP contribution in [0.2, 0.25) is 0 Å². The molecule has 1 aromatic carbocycles. The number of hydrogen-bond donors (Lipinski definition) is 1. The first-order valence-corrected chi connectivity index (χ1v) is 5.00. The van der Waals surface area contributed by atoms with Crippen LogP contribution in [0.1, 0.15) is 22.8 Å². The van der Waals surface area contributed by atoms with Crippen molar-refractivity contribution in [1.82, 2.24) is 0 Å². The van der Waals surface area contributed by atoms with Crippen molar-refractivity contribution in [3.63, 3.8) is 0 Å². The lowest BCUT2D eigenvalue weighted by Crippen LogP contribution is -2.06. The van der Waals surface area contributed by atoms with E-state index < -0.39 is 6.10 Å². The molecule has 4 nitrogen and oxygen atoms in total. The van der Waals surface area contributed by atoms with Crippen LogP contribution in [0.15, 0.2) is 12.1 Å². The van der Waals surface area contributed by atoms with Crippen LogP contribution in [0.25, 0.3) is 0 Å². The Kier molecular flexibility index (Phi) is 4.31. The van der Waals surface area contributed by atoms with Crippen molar-refractivity contribution in [3.8, 4) is 11.5 Å².